The molecular formula is C19H33N3O9S. The molecule has 0 radical (unpaired) electrons. The fourth-order valence-electron chi connectivity index (χ4n) is 2.19. The lowest BCUT2D eigenvalue weighted by Gasteiger charge is -2.23. The second-order valence-corrected chi connectivity index (χ2v) is 8.62. The highest BCUT2D eigenvalue weighted by Gasteiger charge is 2.27. The average molecular weight is 480 g/mol. The van der Waals surface area contributed by atoms with Crippen LogP contribution in [0.2, 0.25) is 0 Å². The summed E-state index contributed by atoms with van der Waals surface area (Å²) in [4.78, 5) is 59.8. The molecule has 0 aromatic heterocycles. The van der Waals surface area contributed by atoms with Gasteiger partial charge >= 0.3 is 18.0 Å². The molecule has 0 aliphatic heterocycles. The molecule has 2 atom stereocenters. The van der Waals surface area contributed by atoms with Gasteiger partial charge in [0.05, 0.1) is 20.8 Å². The van der Waals surface area contributed by atoms with Gasteiger partial charge < -0.3 is 35.3 Å². The van der Waals surface area contributed by atoms with Crippen LogP contribution in [0.1, 0.15) is 33.6 Å². The Bertz CT molecular complexity index is 652. The van der Waals surface area contributed by atoms with E-state index in [1.165, 1.54) is 18.9 Å². The minimum absolute atomic E-state index is 0.0992. The van der Waals surface area contributed by atoms with Crippen molar-refractivity contribution >= 4 is 41.6 Å². The number of hydrogen-bond donors (Lipinski definition) is 4. The molecule has 0 rings (SSSR count). The van der Waals surface area contributed by atoms with Crippen LogP contribution in [-0.2, 0) is 33.4 Å². The summed E-state index contributed by atoms with van der Waals surface area (Å²) in [6.07, 6.45) is -1.15. The Labute approximate surface area is 191 Å². The number of hydrogen-bond acceptors (Lipinski definition) is 10. The minimum atomic E-state index is -1.13. The smallest absolute Gasteiger partial charge is 0.408 e. The summed E-state index contributed by atoms with van der Waals surface area (Å²) in [5.41, 5.74) is -0.779. The highest BCUT2D eigenvalue weighted by molar-refractivity contribution is 7.99. The predicted molar refractivity (Wildman–Crippen MR) is 116 cm³/mol. The molecule has 0 unspecified atom stereocenters. The SMILES string of the molecule is COC(=O)CNC(=O)[C@H](CSCCO)NC(=O)CC[C@H](NC(=O)OC(C)(C)C)C(=O)OC. The molecule has 0 aromatic rings. The molecule has 0 spiro atoms. The first-order valence-electron chi connectivity index (χ1n) is 9.83. The van der Waals surface area contributed by atoms with Crippen LogP contribution in [0.3, 0.4) is 0 Å². The van der Waals surface area contributed by atoms with Gasteiger partial charge in [-0.3, -0.25) is 14.4 Å². The van der Waals surface area contributed by atoms with Gasteiger partial charge in [0, 0.05) is 17.9 Å². The second kappa shape index (κ2) is 15.3. The second-order valence-electron chi connectivity index (χ2n) is 7.47. The maximum Gasteiger partial charge on any atom is 0.408 e. The molecule has 0 aliphatic carbocycles. The number of aliphatic hydroxyl groups is 1. The number of nitrogens with one attached hydrogen (secondary N) is 3. The zero-order valence-electron chi connectivity index (χ0n) is 19.0. The number of thioether (sulfide) groups is 1. The van der Waals surface area contributed by atoms with Gasteiger partial charge in [0.25, 0.3) is 0 Å². The van der Waals surface area contributed by atoms with E-state index in [0.717, 1.165) is 7.11 Å². The topological polar surface area (TPSA) is 169 Å². The molecule has 0 heterocycles. The third kappa shape index (κ3) is 13.7. The number of amides is 3. The van der Waals surface area contributed by atoms with E-state index in [1.807, 2.05) is 0 Å². The third-order valence-electron chi connectivity index (χ3n) is 3.64. The number of esters is 2. The van der Waals surface area contributed by atoms with Crippen LogP contribution in [0, 0.1) is 0 Å². The first-order chi connectivity index (χ1) is 14.9. The molecule has 4 N–H and O–H groups in total. The van der Waals surface area contributed by atoms with E-state index >= 15 is 0 Å². The standard InChI is InChI=1S/C19H33N3O9S/c1-19(2,3)31-18(28)22-12(17(27)30-5)6-7-14(24)21-13(11-32-9-8-23)16(26)20-10-15(25)29-4/h12-13,23H,6-11H2,1-5H3,(H,20,26)(H,21,24)(H,22,28)/t12-,13-/m0/s1. The summed E-state index contributed by atoms with van der Waals surface area (Å²) in [6, 6.07) is -2.12. The minimum Gasteiger partial charge on any atom is -0.468 e. The quantitative estimate of drug-likeness (QED) is 0.151. The number of carbonyl (C=O) groups is 5. The molecule has 0 saturated carbocycles. The summed E-state index contributed by atoms with van der Waals surface area (Å²) < 4.78 is 14.2. The van der Waals surface area contributed by atoms with E-state index in [-0.39, 0.29) is 31.7 Å². The molecule has 0 fully saturated rings. The first kappa shape index (κ1) is 29.5. The van der Waals surface area contributed by atoms with E-state index in [9.17, 15) is 24.0 Å². The average Bonchev–Trinajstić information content (AvgIpc) is 2.72. The number of ether oxygens (including phenoxy) is 3. The summed E-state index contributed by atoms with van der Waals surface area (Å²) in [7, 11) is 2.32. The number of carbonyl (C=O) groups excluding carboxylic acids is 5. The van der Waals surface area contributed by atoms with Crippen molar-refractivity contribution in [3.63, 3.8) is 0 Å². The maximum absolute atomic E-state index is 12.4. The van der Waals surface area contributed by atoms with E-state index in [2.05, 4.69) is 25.4 Å². The fraction of sp³-hybridized carbons (Fsp3) is 0.737. The predicted octanol–water partition coefficient (Wildman–Crippen LogP) is -0.668. The molecule has 13 heteroatoms. The van der Waals surface area contributed by atoms with E-state index < -0.39 is 47.5 Å². The van der Waals surface area contributed by atoms with Crippen LogP contribution in [0.15, 0.2) is 0 Å². The molecule has 184 valence electrons. The van der Waals surface area contributed by atoms with Crippen molar-refractivity contribution in [2.45, 2.75) is 51.3 Å². The summed E-state index contributed by atoms with van der Waals surface area (Å²) >= 11 is 1.23. The van der Waals surface area contributed by atoms with Crippen molar-refractivity contribution in [1.82, 2.24) is 16.0 Å². The number of methoxy groups -OCH3 is 2. The lowest BCUT2D eigenvalue weighted by Crippen LogP contribution is -2.50. The monoisotopic (exact) mass is 479 g/mol. The van der Waals surface area contributed by atoms with Crippen molar-refractivity contribution in [3.05, 3.63) is 0 Å². The Morgan fingerprint density at radius 3 is 2.19 bits per heavy atom. The zero-order chi connectivity index (χ0) is 24.7. The van der Waals surface area contributed by atoms with Gasteiger partial charge in [-0.25, -0.2) is 9.59 Å². The van der Waals surface area contributed by atoms with Crippen molar-refractivity contribution < 1.29 is 43.3 Å². The van der Waals surface area contributed by atoms with Crippen LogP contribution >= 0.6 is 11.8 Å². The van der Waals surface area contributed by atoms with Gasteiger partial charge in [-0.1, -0.05) is 0 Å². The number of rotatable bonds is 13. The summed E-state index contributed by atoms with van der Waals surface area (Å²) in [5, 5.41) is 16.1. The normalized spacial score (nSPS) is 12.7. The van der Waals surface area contributed by atoms with Crippen LogP contribution in [0.4, 0.5) is 4.79 Å². The number of alkyl carbamates (subject to hydrolysis) is 1. The zero-order valence-corrected chi connectivity index (χ0v) is 19.8. The van der Waals surface area contributed by atoms with E-state index in [4.69, 9.17) is 9.84 Å². The number of aliphatic hydroxyl groups excluding tert-OH is 1. The molecule has 12 nitrogen and oxygen atoms in total. The van der Waals surface area contributed by atoms with Crippen LogP contribution in [0.25, 0.3) is 0 Å². The molecule has 3 amide bonds. The van der Waals surface area contributed by atoms with Gasteiger partial charge in [0.2, 0.25) is 11.8 Å². The third-order valence-corrected chi connectivity index (χ3v) is 4.68. The first-order valence-corrected chi connectivity index (χ1v) is 11.0. The molecule has 0 aromatic carbocycles. The fourth-order valence-corrected chi connectivity index (χ4v) is 2.95. The van der Waals surface area contributed by atoms with Gasteiger partial charge in [-0.05, 0) is 27.2 Å². The summed E-state index contributed by atoms with van der Waals surface area (Å²) in [6.45, 7) is 4.51. The maximum atomic E-state index is 12.4. The molecule has 0 aliphatic rings. The highest BCUT2D eigenvalue weighted by Crippen LogP contribution is 2.09. The Morgan fingerprint density at radius 1 is 1.00 bits per heavy atom. The molecular weight excluding hydrogens is 446 g/mol. The summed E-state index contributed by atoms with van der Waals surface area (Å²) in [5.74, 6) is -2.08. The van der Waals surface area contributed by atoms with Gasteiger partial charge in [-0.2, -0.15) is 11.8 Å². The van der Waals surface area contributed by atoms with E-state index in [1.54, 1.807) is 20.8 Å². The Balaban J connectivity index is 4.94. The van der Waals surface area contributed by atoms with Crippen molar-refractivity contribution in [1.29, 1.82) is 0 Å². The van der Waals surface area contributed by atoms with Gasteiger partial charge in [0.1, 0.15) is 24.2 Å². The molecule has 32 heavy (non-hydrogen) atoms. The van der Waals surface area contributed by atoms with Crippen LogP contribution in [0.5, 0.6) is 0 Å². The van der Waals surface area contributed by atoms with Gasteiger partial charge in [0.15, 0.2) is 0 Å². The Kier molecular flexibility index (Phi) is 14.1. The van der Waals surface area contributed by atoms with Gasteiger partial charge in [-0.15, -0.1) is 0 Å². The van der Waals surface area contributed by atoms with Crippen molar-refractivity contribution in [3.8, 4) is 0 Å². The largest absolute Gasteiger partial charge is 0.468 e. The molecule has 0 bridgehead atoms. The lowest BCUT2D eigenvalue weighted by atomic mass is 10.1. The van der Waals surface area contributed by atoms with E-state index in [0.29, 0.717) is 5.75 Å². The van der Waals surface area contributed by atoms with Crippen LogP contribution < -0.4 is 16.0 Å². The lowest BCUT2D eigenvalue weighted by molar-refractivity contribution is -0.143. The highest BCUT2D eigenvalue weighted by atomic mass is 32.2. The Hall–Kier alpha value is -2.54. The van der Waals surface area contributed by atoms with Crippen LogP contribution in [-0.4, -0.2) is 91.5 Å². The molecule has 0 saturated heterocycles. The van der Waals surface area contributed by atoms with Crippen molar-refractivity contribution in [2.75, 3.05) is 38.9 Å². The Morgan fingerprint density at radius 2 is 1.66 bits per heavy atom. The van der Waals surface area contributed by atoms with Crippen molar-refractivity contribution in [2.24, 2.45) is 0 Å².